The van der Waals surface area contributed by atoms with Crippen LogP contribution in [-0.2, 0) is 14.3 Å². The standard InChI is InChI=1S/C16H32N2O3/c1-14(15-6-5-7-17-13-15)12-16(19)18-8-3-4-9-21-11-10-20-2/h14-15,17H,3-13H2,1-2H3,(H,18,19). The third-order valence-corrected chi connectivity index (χ3v) is 4.12. The van der Waals surface area contributed by atoms with Gasteiger partial charge in [-0.1, -0.05) is 6.92 Å². The fourth-order valence-electron chi connectivity index (χ4n) is 2.70. The largest absolute Gasteiger partial charge is 0.382 e. The number of rotatable bonds is 11. The van der Waals surface area contributed by atoms with Crippen LogP contribution in [-0.4, -0.2) is 52.5 Å². The number of hydrogen-bond acceptors (Lipinski definition) is 4. The van der Waals surface area contributed by atoms with Gasteiger partial charge in [-0.25, -0.2) is 0 Å². The van der Waals surface area contributed by atoms with Crippen LogP contribution in [0.5, 0.6) is 0 Å². The van der Waals surface area contributed by atoms with Gasteiger partial charge in [0.1, 0.15) is 0 Å². The molecule has 2 N–H and O–H groups in total. The zero-order valence-electron chi connectivity index (χ0n) is 13.7. The number of unbranched alkanes of at least 4 members (excludes halogenated alkanes) is 1. The van der Waals surface area contributed by atoms with Gasteiger partial charge < -0.3 is 20.1 Å². The van der Waals surface area contributed by atoms with Gasteiger partial charge in [-0.3, -0.25) is 4.79 Å². The van der Waals surface area contributed by atoms with Crippen molar-refractivity contribution in [1.29, 1.82) is 0 Å². The van der Waals surface area contributed by atoms with Crippen LogP contribution in [0, 0.1) is 11.8 Å². The molecule has 1 fully saturated rings. The van der Waals surface area contributed by atoms with Crippen molar-refractivity contribution in [1.82, 2.24) is 10.6 Å². The molecule has 0 aliphatic carbocycles. The fraction of sp³-hybridized carbons (Fsp3) is 0.938. The molecule has 21 heavy (non-hydrogen) atoms. The minimum absolute atomic E-state index is 0.188. The monoisotopic (exact) mass is 300 g/mol. The van der Waals surface area contributed by atoms with Gasteiger partial charge in [-0.15, -0.1) is 0 Å². The molecule has 0 bridgehead atoms. The van der Waals surface area contributed by atoms with Crippen molar-refractivity contribution in [2.75, 3.05) is 46.6 Å². The van der Waals surface area contributed by atoms with Gasteiger partial charge in [0.05, 0.1) is 13.2 Å². The molecule has 5 heteroatoms. The molecular weight excluding hydrogens is 268 g/mol. The predicted molar refractivity (Wildman–Crippen MR) is 84.3 cm³/mol. The molecule has 1 amide bonds. The highest BCUT2D eigenvalue weighted by Crippen LogP contribution is 2.22. The van der Waals surface area contributed by atoms with E-state index >= 15 is 0 Å². The summed E-state index contributed by atoms with van der Waals surface area (Å²) in [6.07, 6.45) is 5.08. The lowest BCUT2D eigenvalue weighted by molar-refractivity contribution is -0.122. The maximum atomic E-state index is 11.9. The third-order valence-electron chi connectivity index (χ3n) is 4.12. The Morgan fingerprint density at radius 2 is 2.19 bits per heavy atom. The molecule has 0 radical (unpaired) electrons. The molecule has 1 aliphatic rings. The Hall–Kier alpha value is -0.650. The lowest BCUT2D eigenvalue weighted by Gasteiger charge is -2.28. The Morgan fingerprint density at radius 1 is 1.33 bits per heavy atom. The minimum Gasteiger partial charge on any atom is -0.382 e. The van der Waals surface area contributed by atoms with Crippen LogP contribution >= 0.6 is 0 Å². The number of piperidine rings is 1. The number of amides is 1. The number of ether oxygens (including phenoxy) is 2. The molecular formula is C16H32N2O3. The molecule has 1 saturated heterocycles. The Labute approximate surface area is 129 Å². The summed E-state index contributed by atoms with van der Waals surface area (Å²) >= 11 is 0. The molecule has 1 aliphatic heterocycles. The van der Waals surface area contributed by atoms with Gasteiger partial charge in [-0.2, -0.15) is 0 Å². The minimum atomic E-state index is 0.188. The molecule has 1 heterocycles. The number of nitrogens with one attached hydrogen (secondary N) is 2. The number of hydrogen-bond donors (Lipinski definition) is 2. The van der Waals surface area contributed by atoms with Crippen LogP contribution in [0.25, 0.3) is 0 Å². The van der Waals surface area contributed by atoms with Crippen molar-refractivity contribution in [3.05, 3.63) is 0 Å². The van der Waals surface area contributed by atoms with Crippen molar-refractivity contribution < 1.29 is 14.3 Å². The normalized spacial score (nSPS) is 20.2. The van der Waals surface area contributed by atoms with E-state index < -0.39 is 0 Å². The third kappa shape index (κ3) is 9.06. The van der Waals surface area contributed by atoms with Gasteiger partial charge in [0.15, 0.2) is 0 Å². The van der Waals surface area contributed by atoms with Gasteiger partial charge >= 0.3 is 0 Å². The summed E-state index contributed by atoms with van der Waals surface area (Å²) in [6, 6.07) is 0. The van der Waals surface area contributed by atoms with Crippen molar-refractivity contribution in [2.24, 2.45) is 11.8 Å². The Bertz CT molecular complexity index is 268. The summed E-state index contributed by atoms with van der Waals surface area (Å²) < 4.78 is 10.3. The Kier molecular flexibility index (Phi) is 10.5. The van der Waals surface area contributed by atoms with Crippen molar-refractivity contribution in [3.63, 3.8) is 0 Å². The van der Waals surface area contributed by atoms with Crippen LogP contribution in [0.1, 0.15) is 39.0 Å². The maximum absolute atomic E-state index is 11.9. The first kappa shape index (κ1) is 18.4. The molecule has 1 rings (SSSR count). The topological polar surface area (TPSA) is 59.6 Å². The lowest BCUT2D eigenvalue weighted by atomic mass is 9.85. The first-order valence-electron chi connectivity index (χ1n) is 8.28. The molecule has 0 aromatic rings. The van der Waals surface area contributed by atoms with E-state index in [9.17, 15) is 4.79 Å². The van der Waals surface area contributed by atoms with Gasteiger partial charge in [-0.05, 0) is 50.6 Å². The van der Waals surface area contributed by atoms with Gasteiger partial charge in [0.25, 0.3) is 0 Å². The van der Waals surface area contributed by atoms with E-state index in [0.29, 0.717) is 31.5 Å². The first-order chi connectivity index (χ1) is 10.2. The molecule has 0 saturated carbocycles. The van der Waals surface area contributed by atoms with Crippen molar-refractivity contribution in [3.8, 4) is 0 Å². The second-order valence-electron chi connectivity index (χ2n) is 5.95. The maximum Gasteiger partial charge on any atom is 0.220 e. The van der Waals surface area contributed by atoms with Crippen molar-refractivity contribution in [2.45, 2.75) is 39.0 Å². The van der Waals surface area contributed by atoms with Crippen molar-refractivity contribution >= 4 is 5.91 Å². The number of carbonyl (C=O) groups is 1. The smallest absolute Gasteiger partial charge is 0.220 e. The summed E-state index contributed by atoms with van der Waals surface area (Å²) in [5, 5.41) is 6.43. The summed E-state index contributed by atoms with van der Waals surface area (Å²) in [5.41, 5.74) is 0. The summed E-state index contributed by atoms with van der Waals surface area (Å²) in [4.78, 5) is 11.9. The van der Waals surface area contributed by atoms with E-state index in [4.69, 9.17) is 9.47 Å². The Morgan fingerprint density at radius 3 is 2.90 bits per heavy atom. The van der Waals surface area contributed by atoms with Crippen LogP contribution < -0.4 is 10.6 Å². The Balaban J connectivity index is 1.95. The number of carbonyl (C=O) groups excluding carboxylic acids is 1. The van der Waals surface area contributed by atoms with E-state index in [1.165, 1.54) is 12.8 Å². The van der Waals surface area contributed by atoms with Crippen LogP contribution in [0.15, 0.2) is 0 Å². The highest BCUT2D eigenvalue weighted by molar-refractivity contribution is 5.76. The van der Waals surface area contributed by atoms with Crippen LogP contribution in [0.3, 0.4) is 0 Å². The average Bonchev–Trinajstić information content (AvgIpc) is 2.50. The lowest BCUT2D eigenvalue weighted by Crippen LogP contribution is -2.35. The summed E-state index contributed by atoms with van der Waals surface area (Å²) in [5.74, 6) is 1.31. The van der Waals surface area contributed by atoms with E-state index in [2.05, 4.69) is 17.6 Å². The zero-order chi connectivity index (χ0) is 15.3. The van der Waals surface area contributed by atoms with Gasteiger partial charge in [0, 0.05) is 26.7 Å². The first-order valence-corrected chi connectivity index (χ1v) is 8.28. The molecule has 2 unspecified atom stereocenters. The van der Waals surface area contributed by atoms with E-state index in [-0.39, 0.29) is 5.91 Å². The van der Waals surface area contributed by atoms with Crippen LogP contribution in [0.4, 0.5) is 0 Å². The SMILES string of the molecule is COCCOCCCCNC(=O)CC(C)C1CCCNC1. The second kappa shape index (κ2) is 12.0. The van der Waals surface area contributed by atoms with E-state index in [1.54, 1.807) is 7.11 Å². The quantitative estimate of drug-likeness (QED) is 0.569. The highest BCUT2D eigenvalue weighted by atomic mass is 16.5. The predicted octanol–water partition coefficient (Wildman–Crippen LogP) is 1.57. The summed E-state index contributed by atoms with van der Waals surface area (Å²) in [7, 11) is 1.67. The average molecular weight is 300 g/mol. The number of methoxy groups -OCH3 is 1. The summed E-state index contributed by atoms with van der Waals surface area (Å²) in [6.45, 7) is 7.17. The molecule has 0 aromatic carbocycles. The molecule has 5 nitrogen and oxygen atoms in total. The van der Waals surface area contributed by atoms with Gasteiger partial charge in [0.2, 0.25) is 5.91 Å². The molecule has 0 spiro atoms. The van der Waals surface area contributed by atoms with E-state index in [1.807, 2.05) is 0 Å². The highest BCUT2D eigenvalue weighted by Gasteiger charge is 2.21. The van der Waals surface area contributed by atoms with Crippen LogP contribution in [0.2, 0.25) is 0 Å². The fourth-order valence-corrected chi connectivity index (χ4v) is 2.70. The van der Waals surface area contributed by atoms with E-state index in [0.717, 1.165) is 39.1 Å². The zero-order valence-corrected chi connectivity index (χ0v) is 13.7. The molecule has 2 atom stereocenters. The molecule has 0 aromatic heterocycles. The molecule has 124 valence electrons. The second-order valence-corrected chi connectivity index (χ2v) is 5.95.